The quantitative estimate of drug-likeness (QED) is 0.774. The van der Waals surface area contributed by atoms with Crippen LogP contribution in [0.15, 0.2) is 0 Å². The molecule has 88 valence electrons. The van der Waals surface area contributed by atoms with Crippen LogP contribution < -0.4 is 0 Å². The molecular formula is C9H17NO4S. The largest absolute Gasteiger partial charge is 0.480 e. The van der Waals surface area contributed by atoms with E-state index in [4.69, 9.17) is 5.11 Å². The van der Waals surface area contributed by atoms with Gasteiger partial charge in [0.05, 0.1) is 5.75 Å². The average molecular weight is 235 g/mol. The Morgan fingerprint density at radius 1 is 1.53 bits per heavy atom. The van der Waals surface area contributed by atoms with Crippen LogP contribution in [-0.2, 0) is 14.8 Å². The first-order valence-corrected chi connectivity index (χ1v) is 6.73. The molecule has 0 aromatic heterocycles. The number of carboxylic acid groups (broad SMARTS) is 1. The van der Waals surface area contributed by atoms with Crippen LogP contribution in [0.2, 0.25) is 0 Å². The molecule has 1 heterocycles. The first-order chi connectivity index (χ1) is 6.90. The lowest BCUT2D eigenvalue weighted by molar-refractivity contribution is -0.144. The molecule has 0 saturated carbocycles. The van der Waals surface area contributed by atoms with Gasteiger partial charge in [0.2, 0.25) is 10.0 Å². The number of rotatable bonds is 3. The van der Waals surface area contributed by atoms with Gasteiger partial charge in [-0.2, -0.15) is 4.31 Å². The summed E-state index contributed by atoms with van der Waals surface area (Å²) in [5.41, 5.74) is 0. The Labute approximate surface area is 90.1 Å². The van der Waals surface area contributed by atoms with Crippen molar-refractivity contribution < 1.29 is 18.3 Å². The molecule has 0 spiro atoms. The van der Waals surface area contributed by atoms with Crippen LogP contribution in [0.1, 0.15) is 26.7 Å². The highest BCUT2D eigenvalue weighted by atomic mass is 32.2. The lowest BCUT2D eigenvalue weighted by Gasteiger charge is -2.35. The van der Waals surface area contributed by atoms with E-state index >= 15 is 0 Å². The number of hydrogen-bond acceptors (Lipinski definition) is 3. The monoisotopic (exact) mass is 235 g/mol. The van der Waals surface area contributed by atoms with E-state index in [-0.39, 0.29) is 11.7 Å². The first kappa shape index (κ1) is 12.4. The van der Waals surface area contributed by atoms with Gasteiger partial charge in [0.15, 0.2) is 0 Å². The van der Waals surface area contributed by atoms with Crippen molar-refractivity contribution >= 4 is 16.0 Å². The molecule has 0 bridgehead atoms. The average Bonchev–Trinajstić information content (AvgIpc) is 2.16. The van der Waals surface area contributed by atoms with E-state index in [1.54, 1.807) is 6.92 Å². The Kier molecular flexibility index (Phi) is 3.72. The maximum Gasteiger partial charge on any atom is 0.322 e. The van der Waals surface area contributed by atoms with Crippen LogP contribution in [0.4, 0.5) is 0 Å². The van der Waals surface area contributed by atoms with Gasteiger partial charge in [-0.15, -0.1) is 0 Å². The Morgan fingerprint density at radius 3 is 2.60 bits per heavy atom. The fourth-order valence-electron chi connectivity index (χ4n) is 1.99. The van der Waals surface area contributed by atoms with Crippen molar-refractivity contribution in [1.82, 2.24) is 4.31 Å². The number of sulfonamides is 1. The van der Waals surface area contributed by atoms with Crippen molar-refractivity contribution in [2.45, 2.75) is 32.7 Å². The van der Waals surface area contributed by atoms with Crippen LogP contribution in [-0.4, -0.2) is 42.1 Å². The zero-order valence-corrected chi connectivity index (χ0v) is 9.83. The molecule has 0 aliphatic carbocycles. The Morgan fingerprint density at radius 2 is 2.13 bits per heavy atom. The number of carbonyl (C=O) groups is 1. The summed E-state index contributed by atoms with van der Waals surface area (Å²) >= 11 is 0. The van der Waals surface area contributed by atoms with Crippen molar-refractivity contribution in [2.24, 2.45) is 5.92 Å². The highest BCUT2D eigenvalue weighted by molar-refractivity contribution is 7.89. The summed E-state index contributed by atoms with van der Waals surface area (Å²) in [5, 5.41) is 9.03. The van der Waals surface area contributed by atoms with Gasteiger partial charge in [0.25, 0.3) is 0 Å². The summed E-state index contributed by atoms with van der Waals surface area (Å²) < 4.78 is 24.5. The third-order valence-electron chi connectivity index (χ3n) is 2.86. The van der Waals surface area contributed by atoms with Crippen molar-refractivity contribution in [3.05, 3.63) is 0 Å². The summed E-state index contributed by atoms with van der Waals surface area (Å²) in [7, 11) is -3.40. The minimum Gasteiger partial charge on any atom is -0.480 e. The summed E-state index contributed by atoms with van der Waals surface area (Å²) in [5.74, 6) is -1.19. The first-order valence-electron chi connectivity index (χ1n) is 5.12. The summed E-state index contributed by atoms with van der Waals surface area (Å²) in [6.07, 6.45) is 1.51. The van der Waals surface area contributed by atoms with E-state index in [0.29, 0.717) is 6.54 Å². The second-order valence-electron chi connectivity index (χ2n) is 3.91. The molecule has 1 aliphatic heterocycles. The van der Waals surface area contributed by atoms with Crippen molar-refractivity contribution in [3.63, 3.8) is 0 Å². The molecule has 0 amide bonds. The Bertz CT molecular complexity index is 338. The van der Waals surface area contributed by atoms with Gasteiger partial charge in [0.1, 0.15) is 6.04 Å². The molecule has 2 unspecified atom stereocenters. The van der Waals surface area contributed by atoms with Crippen LogP contribution >= 0.6 is 0 Å². The van der Waals surface area contributed by atoms with Gasteiger partial charge in [-0.1, -0.05) is 6.92 Å². The molecule has 15 heavy (non-hydrogen) atoms. The van der Waals surface area contributed by atoms with Crippen LogP contribution in [0.5, 0.6) is 0 Å². The molecule has 0 aromatic rings. The molecule has 2 atom stereocenters. The number of nitrogens with zero attached hydrogens (tertiary/aromatic N) is 1. The number of hydrogen-bond donors (Lipinski definition) is 1. The third-order valence-corrected chi connectivity index (χ3v) is 4.72. The lowest BCUT2D eigenvalue weighted by atomic mass is 9.93. The number of aliphatic carboxylic acids is 1. The predicted octanol–water partition coefficient (Wildman–Crippen LogP) is 0.521. The normalized spacial score (nSPS) is 28.9. The minimum atomic E-state index is -3.40. The molecule has 1 saturated heterocycles. The lowest BCUT2D eigenvalue weighted by Crippen LogP contribution is -2.52. The Balaban J connectivity index is 2.99. The second-order valence-corrected chi connectivity index (χ2v) is 6.12. The van der Waals surface area contributed by atoms with Crippen LogP contribution in [0.3, 0.4) is 0 Å². The molecule has 6 heteroatoms. The Hall–Kier alpha value is -0.620. The van der Waals surface area contributed by atoms with Gasteiger partial charge >= 0.3 is 5.97 Å². The highest BCUT2D eigenvalue weighted by Gasteiger charge is 2.39. The SMILES string of the molecule is CCS(=O)(=O)N1CCCC(C)C1C(=O)O. The molecule has 1 fully saturated rings. The summed E-state index contributed by atoms with van der Waals surface area (Å²) in [6, 6.07) is -0.885. The van der Waals surface area contributed by atoms with E-state index in [9.17, 15) is 13.2 Å². The van der Waals surface area contributed by atoms with E-state index in [0.717, 1.165) is 17.1 Å². The van der Waals surface area contributed by atoms with Gasteiger partial charge in [-0.3, -0.25) is 4.79 Å². The fourth-order valence-corrected chi connectivity index (χ4v) is 3.38. The van der Waals surface area contributed by atoms with Crippen LogP contribution in [0.25, 0.3) is 0 Å². The third kappa shape index (κ3) is 2.49. The smallest absolute Gasteiger partial charge is 0.322 e. The zero-order chi connectivity index (χ0) is 11.6. The van der Waals surface area contributed by atoms with Gasteiger partial charge in [-0.05, 0) is 25.7 Å². The molecule has 5 nitrogen and oxygen atoms in total. The summed E-state index contributed by atoms with van der Waals surface area (Å²) in [4.78, 5) is 11.0. The summed E-state index contributed by atoms with van der Waals surface area (Å²) in [6.45, 7) is 3.65. The molecule has 1 rings (SSSR count). The predicted molar refractivity (Wildman–Crippen MR) is 56.0 cm³/mol. The second kappa shape index (κ2) is 4.49. The maximum atomic E-state index is 11.7. The van der Waals surface area contributed by atoms with E-state index in [1.165, 1.54) is 6.92 Å². The van der Waals surface area contributed by atoms with E-state index in [2.05, 4.69) is 0 Å². The number of carboxylic acids is 1. The van der Waals surface area contributed by atoms with Gasteiger partial charge < -0.3 is 5.11 Å². The van der Waals surface area contributed by atoms with Gasteiger partial charge in [0, 0.05) is 6.54 Å². The van der Waals surface area contributed by atoms with Gasteiger partial charge in [-0.25, -0.2) is 8.42 Å². The number of piperidine rings is 1. The maximum absolute atomic E-state index is 11.7. The standard InChI is InChI=1S/C9H17NO4S/c1-3-15(13,14)10-6-4-5-7(2)8(10)9(11)12/h7-8H,3-6H2,1-2H3,(H,11,12). The minimum absolute atomic E-state index is 0.0382. The molecule has 0 aromatic carbocycles. The molecule has 0 radical (unpaired) electrons. The van der Waals surface area contributed by atoms with Crippen molar-refractivity contribution in [1.29, 1.82) is 0 Å². The van der Waals surface area contributed by atoms with E-state index in [1.807, 2.05) is 0 Å². The van der Waals surface area contributed by atoms with E-state index < -0.39 is 22.0 Å². The topological polar surface area (TPSA) is 74.7 Å². The highest BCUT2D eigenvalue weighted by Crippen LogP contribution is 2.26. The fraction of sp³-hybridized carbons (Fsp3) is 0.889. The molecular weight excluding hydrogens is 218 g/mol. The van der Waals surface area contributed by atoms with Crippen LogP contribution in [0, 0.1) is 5.92 Å². The molecule has 1 aliphatic rings. The molecule has 1 N–H and O–H groups in total. The van der Waals surface area contributed by atoms with Crippen molar-refractivity contribution in [3.8, 4) is 0 Å². The van der Waals surface area contributed by atoms with Crippen molar-refractivity contribution in [2.75, 3.05) is 12.3 Å². The zero-order valence-electron chi connectivity index (χ0n) is 9.01.